The van der Waals surface area contributed by atoms with E-state index in [1.165, 1.54) is 0 Å². The normalized spacial score (nSPS) is 27.9. The molecule has 1 amide bonds. The van der Waals surface area contributed by atoms with E-state index in [4.69, 9.17) is 4.74 Å². The van der Waals surface area contributed by atoms with Gasteiger partial charge in [0.05, 0.1) is 18.3 Å². The molecule has 1 saturated carbocycles. The molecule has 1 aliphatic carbocycles. The number of morpholine rings is 1. The van der Waals surface area contributed by atoms with Gasteiger partial charge in [-0.2, -0.15) is 0 Å². The van der Waals surface area contributed by atoms with Crippen molar-refractivity contribution in [2.45, 2.75) is 116 Å². The maximum absolute atomic E-state index is 12.4. The molecule has 0 aromatic carbocycles. The number of hydrogen-bond acceptors (Lipinski definition) is 4. The van der Waals surface area contributed by atoms with Crippen LogP contribution >= 0.6 is 0 Å². The summed E-state index contributed by atoms with van der Waals surface area (Å²) >= 11 is 0. The van der Waals surface area contributed by atoms with Gasteiger partial charge < -0.3 is 14.7 Å². The minimum absolute atomic E-state index is 0.121. The van der Waals surface area contributed by atoms with Crippen molar-refractivity contribution in [2.75, 3.05) is 13.1 Å². The van der Waals surface area contributed by atoms with Gasteiger partial charge >= 0.3 is 0 Å². The summed E-state index contributed by atoms with van der Waals surface area (Å²) < 4.78 is 5.70. The third kappa shape index (κ3) is 9.44. The molecular formula is C26H45NO4. The number of nitrogens with zero attached hydrogens (tertiary/aromatic N) is 1. The van der Waals surface area contributed by atoms with E-state index in [-0.39, 0.29) is 30.1 Å². The Hall–Kier alpha value is -1.20. The smallest absolute Gasteiger partial charge is 0.222 e. The zero-order valence-corrected chi connectivity index (χ0v) is 20.1. The second-order valence-electron chi connectivity index (χ2n) is 9.73. The molecule has 0 aromatic heterocycles. The number of rotatable bonds is 13. The van der Waals surface area contributed by atoms with Crippen molar-refractivity contribution >= 4 is 11.7 Å². The average Bonchev–Trinajstić information content (AvgIpc) is 3.07. The summed E-state index contributed by atoms with van der Waals surface area (Å²) in [6, 6.07) is 0. The second-order valence-corrected chi connectivity index (χ2v) is 9.73. The van der Waals surface area contributed by atoms with Crippen molar-refractivity contribution in [3.8, 4) is 0 Å². The summed E-state index contributed by atoms with van der Waals surface area (Å²) in [5, 5.41) is 10.1. The Morgan fingerprint density at radius 1 is 1.13 bits per heavy atom. The predicted molar refractivity (Wildman–Crippen MR) is 125 cm³/mol. The van der Waals surface area contributed by atoms with Crippen LogP contribution in [-0.2, 0) is 14.3 Å². The van der Waals surface area contributed by atoms with Crippen LogP contribution in [0.4, 0.5) is 0 Å². The number of hydrogen-bond donors (Lipinski definition) is 1. The first-order valence-corrected chi connectivity index (χ1v) is 12.7. The van der Waals surface area contributed by atoms with Crippen LogP contribution in [0.3, 0.4) is 0 Å². The number of aliphatic hydroxyl groups is 1. The van der Waals surface area contributed by atoms with Crippen molar-refractivity contribution in [3.63, 3.8) is 0 Å². The lowest BCUT2D eigenvalue weighted by molar-refractivity contribution is -0.143. The highest BCUT2D eigenvalue weighted by Gasteiger charge is 2.32. The highest BCUT2D eigenvalue weighted by atomic mass is 16.5. The van der Waals surface area contributed by atoms with E-state index in [2.05, 4.69) is 13.0 Å². The molecule has 2 fully saturated rings. The Labute approximate surface area is 189 Å². The summed E-state index contributed by atoms with van der Waals surface area (Å²) in [6.07, 6.45) is 15.3. The van der Waals surface area contributed by atoms with Crippen LogP contribution in [-0.4, -0.2) is 53.1 Å². The van der Waals surface area contributed by atoms with Crippen LogP contribution in [0.25, 0.3) is 0 Å². The molecule has 31 heavy (non-hydrogen) atoms. The largest absolute Gasteiger partial charge is 0.389 e. The molecule has 2 rings (SSSR count). The number of aliphatic hydroxyl groups excluding tert-OH is 1. The SMILES string of the molecule is CCCCC[C@@H](O)C=C[C@H]1CCC(=O)[C@@H]1CCCCCCC(=O)N1CC(C)OC(C)C1. The fraction of sp³-hybridized carbons (Fsp3) is 0.846. The van der Waals surface area contributed by atoms with Crippen molar-refractivity contribution in [1.29, 1.82) is 0 Å². The lowest BCUT2D eigenvalue weighted by atomic mass is 9.89. The first kappa shape index (κ1) is 26.1. The average molecular weight is 436 g/mol. The van der Waals surface area contributed by atoms with E-state index in [1.54, 1.807) is 0 Å². The van der Waals surface area contributed by atoms with Gasteiger partial charge in [0.2, 0.25) is 5.91 Å². The van der Waals surface area contributed by atoms with Gasteiger partial charge in [-0.25, -0.2) is 0 Å². The van der Waals surface area contributed by atoms with Gasteiger partial charge in [0, 0.05) is 31.8 Å². The van der Waals surface area contributed by atoms with Gasteiger partial charge in [-0.15, -0.1) is 0 Å². The van der Waals surface area contributed by atoms with Crippen molar-refractivity contribution in [1.82, 2.24) is 4.90 Å². The highest BCUT2D eigenvalue weighted by molar-refractivity contribution is 5.83. The van der Waals surface area contributed by atoms with Gasteiger partial charge in [0.15, 0.2) is 0 Å². The number of allylic oxidation sites excluding steroid dienone is 1. The molecule has 1 saturated heterocycles. The third-order valence-electron chi connectivity index (χ3n) is 6.77. The summed E-state index contributed by atoms with van der Waals surface area (Å²) in [7, 11) is 0. The van der Waals surface area contributed by atoms with Crippen LogP contribution in [0.15, 0.2) is 12.2 Å². The van der Waals surface area contributed by atoms with E-state index < -0.39 is 0 Å². The van der Waals surface area contributed by atoms with Crippen LogP contribution in [0.1, 0.15) is 97.8 Å². The Bertz CT molecular complexity index is 566. The molecule has 1 aliphatic heterocycles. The third-order valence-corrected chi connectivity index (χ3v) is 6.77. The molecule has 2 unspecified atom stereocenters. The number of Topliss-reactive ketones (excluding diaryl/α,β-unsaturated/α-hetero) is 1. The van der Waals surface area contributed by atoms with Gasteiger partial charge in [-0.3, -0.25) is 9.59 Å². The summed E-state index contributed by atoms with van der Waals surface area (Å²) in [5.74, 6) is 1.05. The Balaban J connectivity index is 1.61. The minimum Gasteiger partial charge on any atom is -0.389 e. The number of carbonyl (C=O) groups is 2. The van der Waals surface area contributed by atoms with Gasteiger partial charge in [0.1, 0.15) is 5.78 Å². The van der Waals surface area contributed by atoms with Crippen molar-refractivity contribution < 1.29 is 19.4 Å². The van der Waals surface area contributed by atoms with E-state index >= 15 is 0 Å². The fourth-order valence-electron chi connectivity index (χ4n) is 5.04. The molecule has 5 atom stereocenters. The molecule has 2 aliphatic rings. The Kier molecular flexibility index (Phi) is 11.8. The van der Waals surface area contributed by atoms with Crippen LogP contribution in [0.5, 0.6) is 0 Å². The Morgan fingerprint density at radius 3 is 2.55 bits per heavy atom. The lowest BCUT2D eigenvalue weighted by Gasteiger charge is -2.35. The molecule has 0 bridgehead atoms. The minimum atomic E-state index is -0.377. The monoisotopic (exact) mass is 435 g/mol. The van der Waals surface area contributed by atoms with Gasteiger partial charge in [-0.1, -0.05) is 57.6 Å². The van der Waals surface area contributed by atoms with Crippen LogP contribution in [0, 0.1) is 11.8 Å². The zero-order valence-electron chi connectivity index (χ0n) is 20.1. The van der Waals surface area contributed by atoms with Gasteiger partial charge in [0.25, 0.3) is 0 Å². The van der Waals surface area contributed by atoms with E-state index in [9.17, 15) is 14.7 Å². The number of ketones is 1. The molecule has 0 spiro atoms. The van der Waals surface area contributed by atoms with E-state index in [0.29, 0.717) is 37.6 Å². The van der Waals surface area contributed by atoms with E-state index in [0.717, 1.165) is 64.2 Å². The maximum Gasteiger partial charge on any atom is 0.222 e. The predicted octanol–water partition coefficient (Wildman–Crippen LogP) is 5.06. The molecule has 5 heteroatoms. The lowest BCUT2D eigenvalue weighted by Crippen LogP contribution is -2.48. The topological polar surface area (TPSA) is 66.8 Å². The summed E-state index contributed by atoms with van der Waals surface area (Å²) in [5.41, 5.74) is 0. The zero-order chi connectivity index (χ0) is 22.6. The number of carbonyl (C=O) groups excluding carboxylic acids is 2. The first-order valence-electron chi connectivity index (χ1n) is 12.7. The highest BCUT2D eigenvalue weighted by Crippen LogP contribution is 2.34. The van der Waals surface area contributed by atoms with Crippen LogP contribution < -0.4 is 0 Å². The quantitative estimate of drug-likeness (QED) is 0.324. The maximum atomic E-state index is 12.4. The standard InChI is InChI=1S/C26H45NO4/c1-4-5-8-11-23(28)16-14-22-15-17-25(29)24(22)12-9-6-7-10-13-26(30)27-18-20(2)31-21(3)19-27/h14,16,20-24,28H,4-13,15,17-19H2,1-3H3/t20?,21?,22-,23+,24+/m0/s1. The van der Waals surface area contributed by atoms with Crippen LogP contribution in [0.2, 0.25) is 0 Å². The molecular weight excluding hydrogens is 390 g/mol. The van der Waals surface area contributed by atoms with Crippen molar-refractivity contribution in [3.05, 3.63) is 12.2 Å². The summed E-state index contributed by atoms with van der Waals surface area (Å²) in [6.45, 7) is 7.62. The molecule has 0 aromatic rings. The molecule has 0 radical (unpaired) electrons. The number of unbranched alkanes of at least 4 members (excludes halogenated alkanes) is 5. The molecule has 1 heterocycles. The van der Waals surface area contributed by atoms with E-state index in [1.807, 2.05) is 24.8 Å². The first-order chi connectivity index (χ1) is 14.9. The van der Waals surface area contributed by atoms with Gasteiger partial charge in [-0.05, 0) is 45.4 Å². The van der Waals surface area contributed by atoms with Crippen molar-refractivity contribution in [2.24, 2.45) is 11.8 Å². The Morgan fingerprint density at radius 2 is 1.84 bits per heavy atom. The molecule has 178 valence electrons. The fourth-order valence-corrected chi connectivity index (χ4v) is 5.04. The molecule has 5 nitrogen and oxygen atoms in total. The molecule has 1 N–H and O–H groups in total. The summed E-state index contributed by atoms with van der Waals surface area (Å²) in [4.78, 5) is 26.7. The second kappa shape index (κ2) is 14.1. The number of ether oxygens (including phenoxy) is 1. The number of amides is 1.